The van der Waals surface area contributed by atoms with Crippen LogP contribution in [0.3, 0.4) is 0 Å². The summed E-state index contributed by atoms with van der Waals surface area (Å²) >= 11 is 0. The van der Waals surface area contributed by atoms with Crippen LogP contribution in [0.1, 0.15) is 10.4 Å². The van der Waals surface area contributed by atoms with Gasteiger partial charge >= 0.3 is 0 Å². The lowest BCUT2D eigenvalue weighted by Crippen LogP contribution is -2.37. The molecule has 2 N–H and O–H groups in total. The molecule has 0 saturated carbocycles. The summed E-state index contributed by atoms with van der Waals surface area (Å²) < 4.78 is 5.02. The van der Waals surface area contributed by atoms with E-state index in [4.69, 9.17) is 4.74 Å². The Bertz CT molecular complexity index is 537. The van der Waals surface area contributed by atoms with Gasteiger partial charge in [-0.25, -0.2) is 0 Å². The van der Waals surface area contributed by atoms with E-state index in [1.54, 1.807) is 30.3 Å². The molecule has 0 bridgehead atoms. The van der Waals surface area contributed by atoms with Gasteiger partial charge in [-0.2, -0.15) is 0 Å². The van der Waals surface area contributed by atoms with E-state index in [2.05, 4.69) is 5.32 Å². The second kappa shape index (κ2) is 4.04. The van der Waals surface area contributed by atoms with Crippen molar-refractivity contribution < 1.29 is 19.4 Å². The number of rotatable bonds is 2. The number of nitrogens with one attached hydrogen (secondary N) is 1. The molecule has 18 heavy (non-hydrogen) atoms. The molecule has 1 aromatic rings. The molecule has 3 atom stereocenters. The van der Waals surface area contributed by atoms with Gasteiger partial charge in [0.1, 0.15) is 18.3 Å². The number of amides is 1. The fourth-order valence-electron chi connectivity index (χ4n) is 1.99. The average Bonchev–Trinajstić information content (AvgIpc) is 3.17. The zero-order valence-electron chi connectivity index (χ0n) is 9.37. The maximum Gasteiger partial charge on any atom is 0.255 e. The molecular formula is C13H11NO4. The predicted molar refractivity (Wildman–Crippen MR) is 61.7 cm³/mol. The first-order valence-electron chi connectivity index (χ1n) is 5.62. The standard InChI is InChI=1S/C13H11NO4/c15-9-6-8(10(16)12-11(9)18-12)14-13(17)7-4-2-1-3-5-7/h1-6,10-12,16H,(H,14,17)/t10-,11+,12-/m1/s1. The highest BCUT2D eigenvalue weighted by Crippen LogP contribution is 2.33. The Balaban J connectivity index is 1.77. The number of epoxide rings is 1. The lowest BCUT2D eigenvalue weighted by molar-refractivity contribution is -0.116. The molecule has 1 saturated heterocycles. The van der Waals surface area contributed by atoms with Crippen molar-refractivity contribution in [2.75, 3.05) is 0 Å². The van der Waals surface area contributed by atoms with Crippen molar-refractivity contribution >= 4 is 11.7 Å². The first-order valence-corrected chi connectivity index (χ1v) is 5.62. The van der Waals surface area contributed by atoms with Crippen molar-refractivity contribution in [1.29, 1.82) is 0 Å². The third kappa shape index (κ3) is 1.83. The summed E-state index contributed by atoms with van der Waals surface area (Å²) in [6.07, 6.45) is -0.744. The number of ketones is 1. The zero-order chi connectivity index (χ0) is 12.7. The number of aliphatic hydroxyl groups is 1. The molecule has 0 aromatic heterocycles. The van der Waals surface area contributed by atoms with Gasteiger partial charge in [0.2, 0.25) is 0 Å². The van der Waals surface area contributed by atoms with Crippen molar-refractivity contribution in [3.8, 4) is 0 Å². The molecule has 5 nitrogen and oxygen atoms in total. The number of ether oxygens (including phenoxy) is 1. The second-order valence-electron chi connectivity index (χ2n) is 4.29. The smallest absolute Gasteiger partial charge is 0.255 e. The molecule has 1 fully saturated rings. The van der Waals surface area contributed by atoms with Crippen LogP contribution in [-0.4, -0.2) is 35.1 Å². The van der Waals surface area contributed by atoms with Gasteiger partial charge in [0.05, 0.1) is 5.70 Å². The van der Waals surface area contributed by atoms with Crippen molar-refractivity contribution in [3.05, 3.63) is 47.7 Å². The number of hydrogen-bond donors (Lipinski definition) is 2. The van der Waals surface area contributed by atoms with Gasteiger partial charge in [0.15, 0.2) is 5.78 Å². The predicted octanol–water partition coefficient (Wildman–Crippen LogP) is 0.0113. The van der Waals surface area contributed by atoms with E-state index in [1.165, 1.54) is 6.08 Å². The van der Waals surface area contributed by atoms with Crippen molar-refractivity contribution in [1.82, 2.24) is 5.32 Å². The van der Waals surface area contributed by atoms with E-state index in [1.807, 2.05) is 0 Å². The summed E-state index contributed by atoms with van der Waals surface area (Å²) in [5.41, 5.74) is 0.671. The topological polar surface area (TPSA) is 78.9 Å². The highest BCUT2D eigenvalue weighted by molar-refractivity contribution is 6.00. The number of fused-ring (bicyclic) bond motifs is 1. The number of hydrogen-bond acceptors (Lipinski definition) is 4. The minimum Gasteiger partial charge on any atom is -0.384 e. The molecule has 3 rings (SSSR count). The lowest BCUT2D eigenvalue weighted by atomic mass is 10.0. The van der Waals surface area contributed by atoms with E-state index in [9.17, 15) is 14.7 Å². The van der Waals surface area contributed by atoms with Crippen LogP contribution in [0.2, 0.25) is 0 Å². The zero-order valence-corrected chi connectivity index (χ0v) is 9.37. The Morgan fingerprint density at radius 1 is 1.28 bits per heavy atom. The molecule has 1 aliphatic carbocycles. The normalized spacial score (nSPS) is 29.3. The van der Waals surface area contributed by atoms with E-state index in [0.717, 1.165) is 0 Å². The molecule has 0 spiro atoms. The summed E-state index contributed by atoms with van der Waals surface area (Å²) in [5.74, 6) is -0.568. The monoisotopic (exact) mass is 245 g/mol. The summed E-state index contributed by atoms with van der Waals surface area (Å²) in [4.78, 5) is 23.3. The number of carbonyl (C=O) groups excluding carboxylic acids is 2. The molecular weight excluding hydrogens is 234 g/mol. The third-order valence-electron chi connectivity index (χ3n) is 3.03. The van der Waals surface area contributed by atoms with Crippen LogP contribution in [0.4, 0.5) is 0 Å². The number of carbonyl (C=O) groups is 2. The van der Waals surface area contributed by atoms with Crippen LogP contribution in [0, 0.1) is 0 Å². The van der Waals surface area contributed by atoms with Crippen molar-refractivity contribution in [3.63, 3.8) is 0 Å². The molecule has 2 aliphatic rings. The maximum atomic E-state index is 11.9. The largest absolute Gasteiger partial charge is 0.384 e. The maximum absolute atomic E-state index is 11.9. The van der Waals surface area contributed by atoms with Gasteiger partial charge in [0.25, 0.3) is 5.91 Å². The van der Waals surface area contributed by atoms with Crippen LogP contribution in [0.15, 0.2) is 42.1 Å². The van der Waals surface area contributed by atoms with Gasteiger partial charge < -0.3 is 15.2 Å². The van der Waals surface area contributed by atoms with Crippen LogP contribution < -0.4 is 5.32 Å². The quantitative estimate of drug-likeness (QED) is 0.719. The summed E-state index contributed by atoms with van der Waals surface area (Å²) in [6.45, 7) is 0. The van der Waals surface area contributed by atoms with Gasteiger partial charge in [-0.15, -0.1) is 0 Å². The third-order valence-corrected chi connectivity index (χ3v) is 3.03. The molecule has 0 unspecified atom stereocenters. The molecule has 1 amide bonds. The lowest BCUT2D eigenvalue weighted by Gasteiger charge is -2.16. The Hall–Kier alpha value is -1.98. The SMILES string of the molecule is O=C(NC1=CC(=O)[C@@H]2O[C@@H]2[C@@H]1O)c1ccccc1. The molecule has 5 heteroatoms. The van der Waals surface area contributed by atoms with Crippen LogP contribution in [-0.2, 0) is 9.53 Å². The first-order chi connectivity index (χ1) is 8.66. The Morgan fingerprint density at radius 2 is 2.00 bits per heavy atom. The fourth-order valence-corrected chi connectivity index (χ4v) is 1.99. The van der Waals surface area contributed by atoms with E-state index in [0.29, 0.717) is 5.56 Å². The van der Waals surface area contributed by atoms with Gasteiger partial charge in [-0.3, -0.25) is 9.59 Å². The number of benzene rings is 1. The summed E-state index contributed by atoms with van der Waals surface area (Å²) in [7, 11) is 0. The van der Waals surface area contributed by atoms with Crippen LogP contribution >= 0.6 is 0 Å². The highest BCUT2D eigenvalue weighted by atomic mass is 16.6. The van der Waals surface area contributed by atoms with E-state index >= 15 is 0 Å². The summed E-state index contributed by atoms with van der Waals surface area (Å²) in [5, 5.41) is 12.4. The molecule has 92 valence electrons. The van der Waals surface area contributed by atoms with Gasteiger partial charge in [-0.1, -0.05) is 18.2 Å². The van der Waals surface area contributed by atoms with Gasteiger partial charge in [0, 0.05) is 11.6 Å². The average molecular weight is 245 g/mol. The molecule has 1 aromatic carbocycles. The first kappa shape index (κ1) is 11.1. The highest BCUT2D eigenvalue weighted by Gasteiger charge is 2.53. The Kier molecular flexibility index (Phi) is 2.50. The van der Waals surface area contributed by atoms with Crippen LogP contribution in [0.5, 0.6) is 0 Å². The molecule has 0 radical (unpaired) electrons. The van der Waals surface area contributed by atoms with Crippen molar-refractivity contribution in [2.24, 2.45) is 0 Å². The summed E-state index contributed by atoms with van der Waals surface area (Å²) in [6, 6.07) is 8.60. The molecule has 1 aliphatic heterocycles. The van der Waals surface area contributed by atoms with Crippen molar-refractivity contribution in [2.45, 2.75) is 18.3 Å². The van der Waals surface area contributed by atoms with Gasteiger partial charge in [-0.05, 0) is 12.1 Å². The number of aliphatic hydroxyl groups excluding tert-OH is 1. The minimum absolute atomic E-state index is 0.201. The fraction of sp³-hybridized carbons (Fsp3) is 0.231. The van der Waals surface area contributed by atoms with E-state index in [-0.39, 0.29) is 17.4 Å². The second-order valence-corrected chi connectivity index (χ2v) is 4.29. The molecule has 1 heterocycles. The van der Waals surface area contributed by atoms with E-state index < -0.39 is 18.3 Å². The van der Waals surface area contributed by atoms with Crippen LogP contribution in [0.25, 0.3) is 0 Å². The Labute approximate surface area is 103 Å². The Morgan fingerprint density at radius 3 is 2.72 bits per heavy atom. The minimum atomic E-state index is -0.944.